The summed E-state index contributed by atoms with van der Waals surface area (Å²) >= 11 is 0. The van der Waals surface area contributed by atoms with Gasteiger partial charge in [0.25, 0.3) is 0 Å². The van der Waals surface area contributed by atoms with Crippen molar-refractivity contribution in [3.8, 4) is 0 Å². The number of aliphatic hydroxyl groups excluding tert-OH is 1. The van der Waals surface area contributed by atoms with Crippen molar-refractivity contribution >= 4 is 0 Å². The van der Waals surface area contributed by atoms with Gasteiger partial charge in [0.2, 0.25) is 0 Å². The zero-order valence-corrected chi connectivity index (χ0v) is 16.5. The first-order valence-electron chi connectivity index (χ1n) is 11.2. The molecule has 0 aliphatic heterocycles. The first-order chi connectivity index (χ1) is 12.2. The van der Waals surface area contributed by atoms with Crippen LogP contribution in [0.1, 0.15) is 84.0 Å². The predicted octanol–water partition coefficient (Wildman–Crippen LogP) is 4.53. The summed E-state index contributed by atoms with van der Waals surface area (Å²) in [5, 5.41) is 13.5. The largest absolute Gasteiger partial charge is 0.389 e. The third-order valence-corrected chi connectivity index (χ3v) is 6.97. The minimum absolute atomic E-state index is 0.353. The summed E-state index contributed by atoms with van der Waals surface area (Å²) in [5.41, 5.74) is 0.473. The number of unbranched alkanes of at least 4 members (excludes halogenated alkanes) is 5. The monoisotopic (exact) mass is 351 g/mol. The number of nitrogens with one attached hydrogen (secondary N) is 1. The van der Waals surface area contributed by atoms with Crippen molar-refractivity contribution in [1.29, 1.82) is 0 Å². The molecule has 4 saturated carbocycles. The third-order valence-electron chi connectivity index (χ3n) is 6.97. The summed E-state index contributed by atoms with van der Waals surface area (Å²) in [6, 6.07) is 0. The molecule has 25 heavy (non-hydrogen) atoms. The van der Waals surface area contributed by atoms with E-state index in [-0.39, 0.29) is 6.10 Å². The highest BCUT2D eigenvalue weighted by Gasteiger charge is 2.50. The van der Waals surface area contributed by atoms with Crippen LogP contribution in [0, 0.1) is 23.2 Å². The Hall–Kier alpha value is -0.120. The number of aliphatic hydroxyl groups is 1. The Kier molecular flexibility index (Phi) is 7.63. The summed E-state index contributed by atoms with van der Waals surface area (Å²) in [5.74, 6) is 2.95. The van der Waals surface area contributed by atoms with Gasteiger partial charge in [0.05, 0.1) is 19.3 Å². The fourth-order valence-electron chi connectivity index (χ4n) is 6.24. The van der Waals surface area contributed by atoms with Crippen molar-refractivity contribution in [1.82, 2.24) is 5.32 Å². The lowest BCUT2D eigenvalue weighted by Crippen LogP contribution is -2.48. The molecule has 4 aliphatic carbocycles. The number of hydrogen-bond donors (Lipinski definition) is 2. The smallest absolute Gasteiger partial charge is 0.0897 e. The lowest BCUT2D eigenvalue weighted by molar-refractivity contribution is -0.105. The van der Waals surface area contributed by atoms with Gasteiger partial charge < -0.3 is 15.2 Å². The maximum Gasteiger partial charge on any atom is 0.0897 e. The Bertz CT molecular complexity index is 349. The zero-order chi connectivity index (χ0) is 17.5. The van der Waals surface area contributed by atoms with Crippen molar-refractivity contribution in [2.75, 3.05) is 26.3 Å². The predicted molar refractivity (Wildman–Crippen MR) is 104 cm³/mol. The number of hydrogen-bond acceptors (Lipinski definition) is 3. The second kappa shape index (κ2) is 9.71. The molecule has 0 heterocycles. The Balaban J connectivity index is 1.21. The number of rotatable bonds is 13. The van der Waals surface area contributed by atoms with Gasteiger partial charge in [-0.05, 0) is 74.7 Å². The molecular weight excluding hydrogens is 310 g/mol. The van der Waals surface area contributed by atoms with Gasteiger partial charge in [0.15, 0.2) is 0 Å². The lowest BCUT2D eigenvalue weighted by atomic mass is 9.50. The van der Waals surface area contributed by atoms with Gasteiger partial charge in [-0.15, -0.1) is 0 Å². The first-order valence-corrected chi connectivity index (χ1v) is 11.2. The SMILES string of the molecule is CCCCCCCCNCC(O)COCC12CC3CC(CC(C3)C1)C2. The van der Waals surface area contributed by atoms with E-state index in [0.29, 0.717) is 18.6 Å². The molecule has 0 aromatic carbocycles. The van der Waals surface area contributed by atoms with Crippen molar-refractivity contribution in [2.24, 2.45) is 23.2 Å². The van der Waals surface area contributed by atoms with E-state index in [1.54, 1.807) is 0 Å². The van der Waals surface area contributed by atoms with Gasteiger partial charge in [-0.3, -0.25) is 0 Å². The van der Waals surface area contributed by atoms with Crippen molar-refractivity contribution in [3.05, 3.63) is 0 Å². The topological polar surface area (TPSA) is 41.5 Å². The van der Waals surface area contributed by atoms with Crippen LogP contribution in [0.5, 0.6) is 0 Å². The van der Waals surface area contributed by atoms with Gasteiger partial charge in [0, 0.05) is 6.54 Å². The van der Waals surface area contributed by atoms with Gasteiger partial charge in [-0.25, -0.2) is 0 Å². The minimum atomic E-state index is -0.353. The van der Waals surface area contributed by atoms with Crippen LogP contribution in [0.3, 0.4) is 0 Å². The maximum atomic E-state index is 10.1. The molecule has 4 bridgehead atoms. The molecule has 3 nitrogen and oxygen atoms in total. The summed E-state index contributed by atoms with van der Waals surface area (Å²) in [7, 11) is 0. The van der Waals surface area contributed by atoms with Crippen LogP contribution >= 0.6 is 0 Å². The van der Waals surface area contributed by atoms with Crippen molar-refractivity contribution < 1.29 is 9.84 Å². The van der Waals surface area contributed by atoms with Crippen molar-refractivity contribution in [3.63, 3.8) is 0 Å². The summed E-state index contributed by atoms with van der Waals surface area (Å²) in [4.78, 5) is 0. The molecule has 0 spiro atoms. The highest BCUT2D eigenvalue weighted by Crippen LogP contribution is 2.60. The fraction of sp³-hybridized carbons (Fsp3) is 1.00. The Morgan fingerprint density at radius 2 is 1.56 bits per heavy atom. The van der Waals surface area contributed by atoms with E-state index >= 15 is 0 Å². The third kappa shape index (κ3) is 5.94. The average molecular weight is 352 g/mol. The second-order valence-corrected chi connectivity index (χ2v) is 9.56. The van der Waals surface area contributed by atoms with Crippen LogP contribution in [0.15, 0.2) is 0 Å². The molecule has 0 amide bonds. The zero-order valence-electron chi connectivity index (χ0n) is 16.5. The van der Waals surface area contributed by atoms with Gasteiger partial charge in [0.1, 0.15) is 0 Å². The molecular formula is C22H41NO2. The Morgan fingerprint density at radius 1 is 0.960 bits per heavy atom. The molecule has 2 N–H and O–H groups in total. The number of ether oxygens (including phenoxy) is 1. The standard InChI is InChI=1S/C22H41NO2/c1-2-3-4-5-6-7-8-23-15-21(24)16-25-17-22-12-18-9-19(13-22)11-20(10-18)14-22/h18-21,23-24H,2-17H2,1H3. The van der Waals surface area contributed by atoms with E-state index in [1.165, 1.54) is 77.0 Å². The molecule has 3 heteroatoms. The van der Waals surface area contributed by atoms with Crippen molar-refractivity contribution in [2.45, 2.75) is 90.1 Å². The minimum Gasteiger partial charge on any atom is -0.389 e. The Labute approximate surface area is 155 Å². The van der Waals surface area contributed by atoms with Crippen LogP contribution in [0.4, 0.5) is 0 Å². The first kappa shape index (κ1) is 19.6. The van der Waals surface area contributed by atoms with Gasteiger partial charge in [-0.1, -0.05) is 39.0 Å². The van der Waals surface area contributed by atoms with Crippen LogP contribution in [0.2, 0.25) is 0 Å². The molecule has 4 rings (SSSR count). The fourth-order valence-corrected chi connectivity index (χ4v) is 6.24. The van der Waals surface area contributed by atoms with Crippen LogP contribution in [-0.2, 0) is 4.74 Å². The van der Waals surface area contributed by atoms with E-state index < -0.39 is 0 Å². The summed E-state index contributed by atoms with van der Waals surface area (Å²) in [6.07, 6.45) is 16.2. The average Bonchev–Trinajstić information content (AvgIpc) is 2.56. The summed E-state index contributed by atoms with van der Waals surface area (Å²) in [6.45, 7) is 5.36. The Morgan fingerprint density at radius 3 is 2.20 bits per heavy atom. The lowest BCUT2D eigenvalue weighted by Gasteiger charge is -2.56. The molecule has 0 saturated heterocycles. The van der Waals surface area contributed by atoms with E-state index in [0.717, 1.165) is 30.9 Å². The van der Waals surface area contributed by atoms with E-state index in [9.17, 15) is 5.11 Å². The molecule has 1 unspecified atom stereocenters. The normalized spacial score (nSPS) is 34.6. The molecule has 0 aromatic rings. The summed E-state index contributed by atoms with van der Waals surface area (Å²) < 4.78 is 6.01. The molecule has 0 radical (unpaired) electrons. The quantitative estimate of drug-likeness (QED) is 0.479. The second-order valence-electron chi connectivity index (χ2n) is 9.56. The van der Waals surface area contributed by atoms with E-state index in [1.807, 2.05) is 0 Å². The van der Waals surface area contributed by atoms with Crippen LogP contribution in [0.25, 0.3) is 0 Å². The van der Waals surface area contributed by atoms with E-state index in [2.05, 4.69) is 12.2 Å². The van der Waals surface area contributed by atoms with E-state index in [4.69, 9.17) is 4.74 Å². The highest BCUT2D eigenvalue weighted by molar-refractivity contribution is 5.01. The van der Waals surface area contributed by atoms with Gasteiger partial charge >= 0.3 is 0 Å². The maximum absolute atomic E-state index is 10.1. The highest BCUT2D eigenvalue weighted by atomic mass is 16.5. The van der Waals surface area contributed by atoms with Crippen LogP contribution in [-0.4, -0.2) is 37.5 Å². The molecule has 1 atom stereocenters. The van der Waals surface area contributed by atoms with Gasteiger partial charge in [-0.2, -0.15) is 0 Å². The van der Waals surface area contributed by atoms with Crippen LogP contribution < -0.4 is 5.32 Å². The molecule has 0 aromatic heterocycles. The molecule has 4 fully saturated rings. The molecule has 4 aliphatic rings. The molecule has 146 valence electrons.